The summed E-state index contributed by atoms with van der Waals surface area (Å²) < 4.78 is 0. The third kappa shape index (κ3) is 4.75. The Bertz CT molecular complexity index is 427. The predicted octanol–water partition coefficient (Wildman–Crippen LogP) is 2.54. The first-order valence-corrected chi connectivity index (χ1v) is 8.65. The normalized spacial score (nSPS) is 16.8. The molecule has 4 heteroatoms. The molecule has 1 fully saturated rings. The molecule has 0 aromatic heterocycles. The van der Waals surface area contributed by atoms with E-state index in [1.54, 1.807) is 0 Å². The summed E-state index contributed by atoms with van der Waals surface area (Å²) in [5, 5.41) is 6.83. The summed E-state index contributed by atoms with van der Waals surface area (Å²) >= 11 is 1.85. The van der Waals surface area contributed by atoms with Crippen molar-refractivity contribution in [2.75, 3.05) is 32.1 Å². The van der Waals surface area contributed by atoms with Crippen molar-refractivity contribution in [3.8, 4) is 0 Å². The minimum atomic E-state index is 0.443. The van der Waals surface area contributed by atoms with Crippen molar-refractivity contribution in [1.29, 1.82) is 0 Å². The molecule has 1 aromatic carbocycles. The van der Waals surface area contributed by atoms with Gasteiger partial charge in [-0.2, -0.15) is 11.8 Å². The lowest BCUT2D eigenvalue weighted by atomic mass is 9.96. The topological polar surface area (TPSA) is 36.4 Å². The zero-order valence-corrected chi connectivity index (χ0v) is 13.3. The SMILES string of the molecule is CN=C(NCCSC)NCC1(Cc2ccccc2)CC1. The van der Waals surface area contributed by atoms with E-state index in [-0.39, 0.29) is 0 Å². The van der Waals surface area contributed by atoms with Gasteiger partial charge in [-0.3, -0.25) is 4.99 Å². The average molecular weight is 291 g/mol. The van der Waals surface area contributed by atoms with E-state index in [1.807, 2.05) is 18.8 Å². The highest BCUT2D eigenvalue weighted by Gasteiger charge is 2.42. The van der Waals surface area contributed by atoms with Crippen LogP contribution in [0.4, 0.5) is 0 Å². The van der Waals surface area contributed by atoms with Gasteiger partial charge in [-0.25, -0.2) is 0 Å². The summed E-state index contributed by atoms with van der Waals surface area (Å²) in [7, 11) is 1.84. The van der Waals surface area contributed by atoms with E-state index < -0.39 is 0 Å². The maximum atomic E-state index is 4.28. The smallest absolute Gasteiger partial charge is 0.191 e. The lowest BCUT2D eigenvalue weighted by Gasteiger charge is -2.18. The highest BCUT2D eigenvalue weighted by atomic mass is 32.2. The first-order valence-electron chi connectivity index (χ1n) is 7.25. The van der Waals surface area contributed by atoms with Gasteiger partial charge in [0.2, 0.25) is 0 Å². The van der Waals surface area contributed by atoms with Gasteiger partial charge in [0.15, 0.2) is 5.96 Å². The molecule has 0 amide bonds. The number of benzene rings is 1. The number of rotatable bonds is 7. The Morgan fingerprint density at radius 3 is 2.60 bits per heavy atom. The Morgan fingerprint density at radius 1 is 1.25 bits per heavy atom. The second-order valence-electron chi connectivity index (χ2n) is 5.51. The van der Waals surface area contributed by atoms with E-state index in [0.717, 1.165) is 24.8 Å². The molecular formula is C16H25N3S. The molecule has 2 N–H and O–H groups in total. The lowest BCUT2D eigenvalue weighted by Crippen LogP contribution is -2.41. The maximum absolute atomic E-state index is 4.28. The van der Waals surface area contributed by atoms with Gasteiger partial charge < -0.3 is 10.6 Å². The van der Waals surface area contributed by atoms with Crippen LogP contribution in [0.15, 0.2) is 35.3 Å². The van der Waals surface area contributed by atoms with Gasteiger partial charge in [-0.05, 0) is 36.5 Å². The molecule has 0 radical (unpaired) electrons. The highest BCUT2D eigenvalue weighted by Crippen LogP contribution is 2.47. The van der Waals surface area contributed by atoms with E-state index in [1.165, 1.54) is 24.8 Å². The third-order valence-corrected chi connectivity index (χ3v) is 4.44. The minimum Gasteiger partial charge on any atom is -0.356 e. The largest absolute Gasteiger partial charge is 0.356 e. The molecule has 1 aliphatic rings. The van der Waals surface area contributed by atoms with Gasteiger partial charge >= 0.3 is 0 Å². The summed E-state index contributed by atoms with van der Waals surface area (Å²) in [6, 6.07) is 10.8. The van der Waals surface area contributed by atoms with E-state index >= 15 is 0 Å². The van der Waals surface area contributed by atoms with Crippen LogP contribution in [-0.4, -0.2) is 38.1 Å². The van der Waals surface area contributed by atoms with Crippen LogP contribution < -0.4 is 10.6 Å². The van der Waals surface area contributed by atoms with Crippen molar-refractivity contribution in [3.63, 3.8) is 0 Å². The standard InChI is InChI=1S/C16H25N3S/c1-17-15(18-10-11-20-2)19-13-16(8-9-16)12-14-6-4-3-5-7-14/h3-7H,8-13H2,1-2H3,(H2,17,18,19). The maximum Gasteiger partial charge on any atom is 0.191 e. The molecular weight excluding hydrogens is 266 g/mol. The van der Waals surface area contributed by atoms with E-state index in [4.69, 9.17) is 0 Å². The molecule has 3 nitrogen and oxygen atoms in total. The number of nitrogens with zero attached hydrogens (tertiary/aromatic N) is 1. The van der Waals surface area contributed by atoms with Gasteiger partial charge in [0.25, 0.3) is 0 Å². The summed E-state index contributed by atoms with van der Waals surface area (Å²) in [5.41, 5.74) is 1.88. The average Bonchev–Trinajstić information content (AvgIpc) is 3.24. The second kappa shape index (κ2) is 7.58. The second-order valence-corrected chi connectivity index (χ2v) is 6.49. The number of thioether (sulfide) groups is 1. The van der Waals surface area contributed by atoms with Crippen molar-refractivity contribution < 1.29 is 0 Å². The first-order chi connectivity index (χ1) is 9.78. The van der Waals surface area contributed by atoms with Gasteiger partial charge in [-0.1, -0.05) is 30.3 Å². The first kappa shape index (κ1) is 15.2. The summed E-state index contributed by atoms with van der Waals surface area (Å²) in [4.78, 5) is 4.28. The molecule has 1 aromatic rings. The molecule has 0 aliphatic heterocycles. The van der Waals surface area contributed by atoms with Crippen molar-refractivity contribution in [3.05, 3.63) is 35.9 Å². The number of nitrogens with one attached hydrogen (secondary N) is 2. The summed E-state index contributed by atoms with van der Waals surface area (Å²) in [6.45, 7) is 1.98. The molecule has 0 saturated heterocycles. The number of hydrogen-bond donors (Lipinski definition) is 2. The predicted molar refractivity (Wildman–Crippen MR) is 89.6 cm³/mol. The molecule has 2 rings (SSSR count). The fraction of sp³-hybridized carbons (Fsp3) is 0.562. The Morgan fingerprint density at radius 2 is 2.00 bits per heavy atom. The molecule has 0 heterocycles. The van der Waals surface area contributed by atoms with Crippen LogP contribution in [0, 0.1) is 5.41 Å². The summed E-state index contributed by atoms with van der Waals surface area (Å²) in [6.07, 6.45) is 5.92. The molecule has 0 atom stereocenters. The Balaban J connectivity index is 1.77. The van der Waals surface area contributed by atoms with Gasteiger partial charge in [-0.15, -0.1) is 0 Å². The molecule has 1 saturated carbocycles. The molecule has 1 aliphatic carbocycles. The number of hydrogen-bond acceptors (Lipinski definition) is 2. The van der Waals surface area contributed by atoms with Gasteiger partial charge in [0, 0.05) is 25.9 Å². The van der Waals surface area contributed by atoms with Crippen LogP contribution in [0.3, 0.4) is 0 Å². The molecule has 20 heavy (non-hydrogen) atoms. The zero-order valence-electron chi connectivity index (χ0n) is 12.5. The van der Waals surface area contributed by atoms with E-state index in [9.17, 15) is 0 Å². The molecule has 0 bridgehead atoms. The Kier molecular flexibility index (Phi) is 5.77. The zero-order chi connectivity index (χ0) is 14.3. The van der Waals surface area contributed by atoms with Crippen molar-refractivity contribution in [1.82, 2.24) is 10.6 Å². The van der Waals surface area contributed by atoms with Gasteiger partial charge in [0.1, 0.15) is 0 Å². The fourth-order valence-corrected chi connectivity index (χ4v) is 2.69. The highest BCUT2D eigenvalue weighted by molar-refractivity contribution is 7.98. The quantitative estimate of drug-likeness (QED) is 0.460. The molecule has 0 unspecified atom stereocenters. The van der Waals surface area contributed by atoms with Crippen molar-refractivity contribution in [2.45, 2.75) is 19.3 Å². The van der Waals surface area contributed by atoms with Crippen molar-refractivity contribution in [2.24, 2.45) is 10.4 Å². The van der Waals surface area contributed by atoms with Crippen LogP contribution >= 0.6 is 11.8 Å². The van der Waals surface area contributed by atoms with Crippen LogP contribution in [-0.2, 0) is 6.42 Å². The Labute approximate surface area is 126 Å². The van der Waals surface area contributed by atoms with Crippen LogP contribution in [0.25, 0.3) is 0 Å². The molecule has 0 spiro atoms. The number of aliphatic imine (C=N–C) groups is 1. The lowest BCUT2D eigenvalue weighted by molar-refractivity contribution is 0.493. The Hall–Kier alpha value is -1.16. The monoisotopic (exact) mass is 291 g/mol. The molecule has 110 valence electrons. The van der Waals surface area contributed by atoms with Crippen LogP contribution in [0.1, 0.15) is 18.4 Å². The van der Waals surface area contributed by atoms with Crippen molar-refractivity contribution >= 4 is 17.7 Å². The number of guanidine groups is 1. The third-order valence-electron chi connectivity index (χ3n) is 3.83. The van der Waals surface area contributed by atoms with Crippen LogP contribution in [0.2, 0.25) is 0 Å². The minimum absolute atomic E-state index is 0.443. The van der Waals surface area contributed by atoms with Gasteiger partial charge in [0.05, 0.1) is 0 Å². The van der Waals surface area contributed by atoms with E-state index in [0.29, 0.717) is 5.41 Å². The van der Waals surface area contributed by atoms with E-state index in [2.05, 4.69) is 52.2 Å². The fourth-order valence-electron chi connectivity index (χ4n) is 2.39. The summed E-state index contributed by atoms with van der Waals surface area (Å²) in [5.74, 6) is 2.04. The van der Waals surface area contributed by atoms with Crippen LogP contribution in [0.5, 0.6) is 0 Å².